The molecule has 0 unspecified atom stereocenters. The van der Waals surface area contributed by atoms with Gasteiger partial charge in [0, 0.05) is 11.8 Å². The Balaban J connectivity index is 2.51. The fourth-order valence-electron chi connectivity index (χ4n) is 1.45. The van der Waals surface area contributed by atoms with Crippen molar-refractivity contribution < 1.29 is 9.18 Å². The number of aromatic nitrogens is 1. The highest BCUT2D eigenvalue weighted by Crippen LogP contribution is 2.24. The highest BCUT2D eigenvalue weighted by Gasteiger charge is 2.17. The van der Waals surface area contributed by atoms with Crippen LogP contribution < -0.4 is 5.73 Å². The first kappa shape index (κ1) is 12.8. The van der Waals surface area contributed by atoms with Gasteiger partial charge in [0.2, 0.25) is 0 Å². The fraction of sp³-hybridized carbons (Fsp3) is 0. The van der Waals surface area contributed by atoms with Crippen molar-refractivity contribution in [2.75, 3.05) is 5.73 Å². The van der Waals surface area contributed by atoms with E-state index in [1.807, 2.05) is 0 Å². The van der Waals surface area contributed by atoms with Gasteiger partial charge in [-0.05, 0) is 24.3 Å². The minimum absolute atomic E-state index is 0.0133. The van der Waals surface area contributed by atoms with Gasteiger partial charge in [0.15, 0.2) is 5.78 Å². The summed E-state index contributed by atoms with van der Waals surface area (Å²) in [6.45, 7) is 0. The number of ketones is 1. The van der Waals surface area contributed by atoms with Crippen LogP contribution in [0.4, 0.5) is 10.2 Å². The molecule has 92 valence electrons. The molecule has 0 aliphatic rings. The summed E-state index contributed by atoms with van der Waals surface area (Å²) in [6.07, 6.45) is 1.33. The van der Waals surface area contributed by atoms with Gasteiger partial charge in [-0.3, -0.25) is 4.79 Å². The molecule has 1 heterocycles. The number of hydrogen-bond donors (Lipinski definition) is 1. The van der Waals surface area contributed by atoms with Gasteiger partial charge in [-0.25, -0.2) is 9.37 Å². The van der Waals surface area contributed by atoms with E-state index in [-0.39, 0.29) is 27.0 Å². The van der Waals surface area contributed by atoms with E-state index in [0.29, 0.717) is 0 Å². The molecule has 0 spiro atoms. The van der Waals surface area contributed by atoms with Crippen LogP contribution in [0.15, 0.2) is 30.5 Å². The van der Waals surface area contributed by atoms with Crippen molar-refractivity contribution in [1.29, 1.82) is 0 Å². The number of hydrogen-bond acceptors (Lipinski definition) is 3. The van der Waals surface area contributed by atoms with Gasteiger partial charge in [0.05, 0.1) is 15.6 Å². The normalized spacial score (nSPS) is 10.4. The van der Waals surface area contributed by atoms with Crippen LogP contribution >= 0.6 is 23.2 Å². The second kappa shape index (κ2) is 4.92. The lowest BCUT2D eigenvalue weighted by atomic mass is 10.0. The quantitative estimate of drug-likeness (QED) is 0.861. The lowest BCUT2D eigenvalue weighted by Gasteiger charge is -2.06. The first-order chi connectivity index (χ1) is 8.49. The Morgan fingerprint density at radius 2 is 1.94 bits per heavy atom. The molecule has 18 heavy (non-hydrogen) atoms. The smallest absolute Gasteiger partial charge is 0.198 e. The molecular weight excluding hydrogens is 278 g/mol. The largest absolute Gasteiger partial charge is 0.383 e. The summed E-state index contributed by atoms with van der Waals surface area (Å²) in [5.41, 5.74) is 5.88. The van der Waals surface area contributed by atoms with Crippen molar-refractivity contribution in [3.8, 4) is 0 Å². The van der Waals surface area contributed by atoms with Crippen molar-refractivity contribution in [2.45, 2.75) is 0 Å². The second-order valence-electron chi connectivity index (χ2n) is 3.54. The number of rotatable bonds is 2. The molecule has 1 aromatic carbocycles. The number of benzene rings is 1. The number of nitrogens with zero attached hydrogens (tertiary/aromatic N) is 1. The molecule has 0 saturated carbocycles. The Bertz CT molecular complexity index is 631. The molecule has 2 rings (SSSR count). The Morgan fingerprint density at radius 1 is 1.22 bits per heavy atom. The number of carbonyl (C=O) groups is 1. The summed E-state index contributed by atoms with van der Waals surface area (Å²) < 4.78 is 12.9. The van der Waals surface area contributed by atoms with Gasteiger partial charge < -0.3 is 5.73 Å². The predicted molar refractivity (Wildman–Crippen MR) is 68.5 cm³/mol. The highest BCUT2D eigenvalue weighted by molar-refractivity contribution is 6.35. The predicted octanol–water partition coefficient (Wildman–Crippen LogP) is 3.34. The molecule has 0 bridgehead atoms. The van der Waals surface area contributed by atoms with Gasteiger partial charge in [-0.1, -0.05) is 23.2 Å². The van der Waals surface area contributed by atoms with Crippen LogP contribution in [0.25, 0.3) is 0 Å². The summed E-state index contributed by atoms with van der Waals surface area (Å²) in [5, 5.41) is 0.296. The maximum atomic E-state index is 12.9. The third-order valence-corrected chi connectivity index (χ3v) is 2.82. The Hall–Kier alpha value is -1.65. The van der Waals surface area contributed by atoms with E-state index in [1.165, 1.54) is 18.3 Å². The van der Waals surface area contributed by atoms with Crippen LogP contribution in [-0.2, 0) is 0 Å². The topological polar surface area (TPSA) is 56.0 Å². The third kappa shape index (κ3) is 2.44. The van der Waals surface area contributed by atoms with E-state index in [4.69, 9.17) is 28.9 Å². The van der Waals surface area contributed by atoms with Crippen molar-refractivity contribution in [3.05, 3.63) is 57.5 Å². The van der Waals surface area contributed by atoms with Gasteiger partial charge in [-0.15, -0.1) is 0 Å². The number of anilines is 1. The molecule has 2 aromatic rings. The summed E-state index contributed by atoms with van der Waals surface area (Å²) in [6, 6.07) is 4.89. The third-order valence-electron chi connectivity index (χ3n) is 2.31. The van der Waals surface area contributed by atoms with Crippen LogP contribution in [0, 0.1) is 5.82 Å². The summed E-state index contributed by atoms with van der Waals surface area (Å²) in [5.74, 6) is -0.925. The zero-order valence-corrected chi connectivity index (χ0v) is 10.5. The number of pyridine rings is 1. The van der Waals surface area contributed by atoms with Crippen LogP contribution in [0.2, 0.25) is 10.0 Å². The fourth-order valence-corrected chi connectivity index (χ4v) is 1.86. The Labute approximate surface area is 112 Å². The SMILES string of the molecule is Nc1ncc(Cl)cc1C(=O)c1ccc(F)cc1Cl. The maximum absolute atomic E-state index is 12.9. The van der Waals surface area contributed by atoms with E-state index in [9.17, 15) is 9.18 Å². The minimum atomic E-state index is -0.520. The molecule has 3 nitrogen and oxygen atoms in total. The van der Waals surface area contributed by atoms with Crippen LogP contribution in [0.5, 0.6) is 0 Å². The van der Waals surface area contributed by atoms with Gasteiger partial charge in [0.1, 0.15) is 11.6 Å². The number of halogens is 3. The van der Waals surface area contributed by atoms with Crippen LogP contribution in [0.3, 0.4) is 0 Å². The van der Waals surface area contributed by atoms with Crippen LogP contribution in [0.1, 0.15) is 15.9 Å². The van der Waals surface area contributed by atoms with Crippen molar-refractivity contribution >= 4 is 34.8 Å². The molecule has 2 N–H and O–H groups in total. The van der Waals surface area contributed by atoms with E-state index < -0.39 is 11.6 Å². The molecule has 0 amide bonds. The average molecular weight is 285 g/mol. The Kier molecular flexibility index (Phi) is 3.50. The summed E-state index contributed by atoms with van der Waals surface area (Å²) in [4.78, 5) is 15.9. The first-order valence-electron chi connectivity index (χ1n) is 4.90. The lowest BCUT2D eigenvalue weighted by Crippen LogP contribution is -2.07. The first-order valence-corrected chi connectivity index (χ1v) is 5.65. The monoisotopic (exact) mass is 284 g/mol. The minimum Gasteiger partial charge on any atom is -0.383 e. The lowest BCUT2D eigenvalue weighted by molar-refractivity contribution is 0.103. The van der Waals surface area contributed by atoms with Crippen molar-refractivity contribution in [1.82, 2.24) is 4.98 Å². The van der Waals surface area contributed by atoms with Crippen LogP contribution in [-0.4, -0.2) is 10.8 Å². The molecule has 0 aliphatic carbocycles. The van der Waals surface area contributed by atoms with Crippen molar-refractivity contribution in [2.24, 2.45) is 0 Å². The maximum Gasteiger partial charge on any atom is 0.198 e. The van der Waals surface area contributed by atoms with Gasteiger partial charge in [0.25, 0.3) is 0 Å². The zero-order valence-electron chi connectivity index (χ0n) is 8.95. The molecule has 0 fully saturated rings. The number of nitrogens with two attached hydrogens (primary N) is 1. The average Bonchev–Trinajstić information content (AvgIpc) is 2.31. The molecule has 6 heteroatoms. The van der Waals surface area contributed by atoms with E-state index in [0.717, 1.165) is 12.1 Å². The molecule has 0 atom stereocenters. The van der Waals surface area contributed by atoms with Gasteiger partial charge >= 0.3 is 0 Å². The second-order valence-corrected chi connectivity index (χ2v) is 4.38. The molecule has 1 aromatic heterocycles. The molecular formula is C12H7Cl2FN2O. The summed E-state index contributed by atoms with van der Waals surface area (Å²) >= 11 is 11.6. The highest BCUT2D eigenvalue weighted by atomic mass is 35.5. The molecule has 0 aliphatic heterocycles. The molecule has 0 saturated heterocycles. The zero-order chi connectivity index (χ0) is 13.3. The van der Waals surface area contributed by atoms with E-state index in [1.54, 1.807) is 0 Å². The van der Waals surface area contributed by atoms with E-state index >= 15 is 0 Å². The van der Waals surface area contributed by atoms with Crippen molar-refractivity contribution in [3.63, 3.8) is 0 Å². The standard InChI is InChI=1S/C12H7Cl2FN2O/c13-6-3-9(12(16)17-5-6)11(18)8-2-1-7(15)4-10(8)14/h1-5H,(H2,16,17). The molecule has 0 radical (unpaired) electrons. The summed E-state index contributed by atoms with van der Waals surface area (Å²) in [7, 11) is 0. The van der Waals surface area contributed by atoms with E-state index in [2.05, 4.69) is 4.98 Å². The van der Waals surface area contributed by atoms with Gasteiger partial charge in [-0.2, -0.15) is 0 Å². The Morgan fingerprint density at radius 3 is 2.61 bits per heavy atom. The number of carbonyl (C=O) groups excluding carboxylic acids is 1. The number of nitrogen functional groups attached to an aromatic ring is 1.